The van der Waals surface area contributed by atoms with E-state index in [-0.39, 0.29) is 5.97 Å². The molecular formula is C17H36BO2P. The molecule has 0 aromatic heterocycles. The van der Waals surface area contributed by atoms with E-state index in [1.165, 1.54) is 24.6 Å². The second-order valence-electron chi connectivity index (χ2n) is 7.59. The van der Waals surface area contributed by atoms with Gasteiger partial charge in [-0.2, -0.15) is 0 Å². The van der Waals surface area contributed by atoms with Crippen LogP contribution in [-0.2, 0) is 9.53 Å². The molecule has 0 aliphatic carbocycles. The zero-order valence-corrected chi connectivity index (χ0v) is 16.3. The van der Waals surface area contributed by atoms with E-state index in [2.05, 4.69) is 49.0 Å². The minimum absolute atomic E-state index is 0.265. The van der Waals surface area contributed by atoms with E-state index < -0.39 is 7.26 Å². The molecule has 2 atom stereocenters. The molecule has 0 rings (SSSR count). The van der Waals surface area contributed by atoms with E-state index in [0.29, 0.717) is 23.4 Å². The zero-order chi connectivity index (χ0) is 16.7. The van der Waals surface area contributed by atoms with Crippen LogP contribution in [0, 0.1) is 5.92 Å². The molecule has 0 aromatic carbocycles. The Kier molecular flexibility index (Phi) is 8.86. The van der Waals surface area contributed by atoms with Gasteiger partial charge in [0.15, 0.2) is 0 Å². The van der Waals surface area contributed by atoms with Crippen molar-refractivity contribution in [2.45, 2.75) is 53.3 Å². The molecule has 2 unspecified atom stereocenters. The van der Waals surface area contributed by atoms with Gasteiger partial charge in [-0.1, -0.05) is 0 Å². The van der Waals surface area contributed by atoms with Gasteiger partial charge in [0.2, 0.25) is 0 Å². The molecule has 0 bridgehead atoms. The summed E-state index contributed by atoms with van der Waals surface area (Å²) in [5.74, 6) is 0.139. The average molecular weight is 314 g/mol. The first-order valence-corrected chi connectivity index (χ1v) is 11.3. The Morgan fingerprint density at radius 2 is 1.76 bits per heavy atom. The van der Waals surface area contributed by atoms with Crippen LogP contribution < -0.4 is 0 Å². The van der Waals surface area contributed by atoms with Crippen molar-refractivity contribution in [2.75, 3.05) is 31.3 Å². The fraction of sp³-hybridized carbons (Fsp3) is 0.824. The van der Waals surface area contributed by atoms with Gasteiger partial charge in [-0.05, 0) is 0 Å². The normalized spacial score (nSPS) is 16.9. The summed E-state index contributed by atoms with van der Waals surface area (Å²) in [5.41, 5.74) is 0.482. The van der Waals surface area contributed by atoms with E-state index in [4.69, 9.17) is 4.74 Å². The summed E-state index contributed by atoms with van der Waals surface area (Å²) in [6.07, 6.45) is 6.63. The van der Waals surface area contributed by atoms with Crippen LogP contribution in [0.15, 0.2) is 12.2 Å². The van der Waals surface area contributed by atoms with Crippen LogP contribution in [0.3, 0.4) is 0 Å². The molecule has 0 N–H and O–H groups in total. The molecule has 0 aliphatic rings. The molecule has 0 aromatic rings. The standard InChI is InChI=1S/C17H36BO2P/c1-8-21(9-2,10-3)13-17(7,18)11-15(6)12-20-16(19)14(4)5/h15,21H,4,8-13,18H2,1-3,5-7H3. The topological polar surface area (TPSA) is 26.3 Å². The Morgan fingerprint density at radius 3 is 2.14 bits per heavy atom. The first-order chi connectivity index (χ1) is 9.61. The third kappa shape index (κ3) is 7.50. The summed E-state index contributed by atoms with van der Waals surface area (Å²) in [7, 11) is 1.28. The number of ether oxygens (including phenoxy) is 1. The summed E-state index contributed by atoms with van der Waals surface area (Å²) < 4.78 is 5.29. The number of esters is 1. The van der Waals surface area contributed by atoms with Gasteiger partial charge in [0.05, 0.1) is 0 Å². The van der Waals surface area contributed by atoms with Gasteiger partial charge in [0.1, 0.15) is 0 Å². The molecule has 0 spiro atoms. The van der Waals surface area contributed by atoms with Crippen molar-refractivity contribution in [2.24, 2.45) is 5.92 Å². The molecule has 0 aliphatic heterocycles. The van der Waals surface area contributed by atoms with Gasteiger partial charge in [0.25, 0.3) is 0 Å². The van der Waals surface area contributed by atoms with Gasteiger partial charge in [0, 0.05) is 0 Å². The quantitative estimate of drug-likeness (QED) is 0.266. The number of hydrogen-bond acceptors (Lipinski definition) is 2. The monoisotopic (exact) mass is 314 g/mol. The summed E-state index contributed by atoms with van der Waals surface area (Å²) in [5, 5.41) is 0.337. The zero-order valence-electron chi connectivity index (χ0n) is 15.3. The van der Waals surface area contributed by atoms with E-state index in [9.17, 15) is 4.79 Å². The van der Waals surface area contributed by atoms with Crippen molar-refractivity contribution >= 4 is 21.1 Å². The molecule has 2 nitrogen and oxygen atoms in total. The Bertz CT molecular complexity index is 340. The van der Waals surface area contributed by atoms with E-state index >= 15 is 0 Å². The number of rotatable bonds is 10. The molecule has 124 valence electrons. The summed E-state index contributed by atoms with van der Waals surface area (Å²) in [6, 6.07) is 0. The van der Waals surface area contributed by atoms with Crippen LogP contribution in [-0.4, -0.2) is 45.1 Å². The third-order valence-electron chi connectivity index (χ3n) is 4.85. The summed E-state index contributed by atoms with van der Waals surface area (Å²) in [4.78, 5) is 11.5. The molecule has 0 heterocycles. The van der Waals surface area contributed by atoms with E-state index in [1.807, 2.05) is 0 Å². The summed E-state index contributed by atoms with van der Waals surface area (Å²) >= 11 is 0. The van der Waals surface area contributed by atoms with Crippen LogP contribution in [0.25, 0.3) is 0 Å². The van der Waals surface area contributed by atoms with Gasteiger partial charge in [-0.25, -0.2) is 0 Å². The van der Waals surface area contributed by atoms with Crippen LogP contribution in [0.2, 0.25) is 5.31 Å². The Labute approximate surface area is 133 Å². The van der Waals surface area contributed by atoms with Gasteiger partial charge < -0.3 is 0 Å². The second-order valence-corrected chi connectivity index (χ2v) is 13.1. The second kappa shape index (κ2) is 8.98. The molecule has 0 saturated carbocycles. The van der Waals surface area contributed by atoms with Gasteiger partial charge >= 0.3 is 133 Å². The molecule has 0 fully saturated rings. The average Bonchev–Trinajstić information content (AvgIpc) is 2.41. The molecule has 21 heavy (non-hydrogen) atoms. The minimum atomic E-state index is -1.10. The van der Waals surface area contributed by atoms with Crippen LogP contribution in [0.4, 0.5) is 0 Å². The first-order valence-electron chi connectivity index (χ1n) is 8.44. The van der Waals surface area contributed by atoms with Gasteiger partial charge in [-0.15, -0.1) is 0 Å². The summed E-state index contributed by atoms with van der Waals surface area (Å²) in [6.45, 7) is 17.5. The van der Waals surface area contributed by atoms with Crippen molar-refractivity contribution in [1.82, 2.24) is 0 Å². The Balaban J connectivity index is 4.51. The third-order valence-corrected chi connectivity index (χ3v) is 11.1. The molecule has 0 radical (unpaired) electrons. The van der Waals surface area contributed by atoms with Crippen molar-refractivity contribution in [3.63, 3.8) is 0 Å². The fourth-order valence-corrected chi connectivity index (χ4v) is 7.98. The molecule has 0 amide bonds. The Morgan fingerprint density at radius 1 is 1.29 bits per heavy atom. The van der Waals surface area contributed by atoms with Crippen LogP contribution in [0.1, 0.15) is 48.0 Å². The van der Waals surface area contributed by atoms with E-state index in [0.717, 1.165) is 6.42 Å². The van der Waals surface area contributed by atoms with Crippen molar-refractivity contribution in [3.05, 3.63) is 12.2 Å². The molecular weight excluding hydrogens is 278 g/mol. The van der Waals surface area contributed by atoms with Crippen molar-refractivity contribution < 1.29 is 9.53 Å². The number of carbonyl (C=O) groups is 1. The van der Waals surface area contributed by atoms with Crippen molar-refractivity contribution in [3.8, 4) is 0 Å². The van der Waals surface area contributed by atoms with Gasteiger partial charge in [-0.3, -0.25) is 0 Å². The first kappa shape index (κ1) is 20.7. The predicted molar refractivity (Wildman–Crippen MR) is 101 cm³/mol. The van der Waals surface area contributed by atoms with E-state index in [1.54, 1.807) is 6.92 Å². The van der Waals surface area contributed by atoms with Crippen LogP contribution in [0.5, 0.6) is 0 Å². The maximum atomic E-state index is 11.5. The molecule has 0 saturated heterocycles. The SMILES string of the molecule is BC(C)(CC(C)COC(=O)C(=C)C)C[PH](CC)(CC)CC. The number of hydrogen-bond donors (Lipinski definition) is 0. The number of carbonyl (C=O) groups excluding carboxylic acids is 1. The molecule has 4 heteroatoms. The fourth-order valence-electron chi connectivity index (χ4n) is 3.56. The maximum absolute atomic E-state index is 11.5. The Hall–Kier alpha value is -0.295. The van der Waals surface area contributed by atoms with Crippen molar-refractivity contribution in [1.29, 1.82) is 0 Å². The van der Waals surface area contributed by atoms with Crippen LogP contribution >= 0.6 is 7.26 Å². The predicted octanol–water partition coefficient (Wildman–Crippen LogP) is 3.75.